The van der Waals surface area contributed by atoms with Crippen LogP contribution in [0.15, 0.2) is 174 Å². The van der Waals surface area contributed by atoms with E-state index in [1.54, 1.807) is 0 Å². The summed E-state index contributed by atoms with van der Waals surface area (Å²) in [7, 11) is 0. The number of hydrogen-bond donors (Lipinski definition) is 0. The summed E-state index contributed by atoms with van der Waals surface area (Å²) in [5.74, 6) is 1.91. The Bertz CT molecular complexity index is 2810. The molecule has 3 heterocycles. The molecule has 0 bridgehead atoms. The van der Waals surface area contributed by atoms with Crippen molar-refractivity contribution in [3.05, 3.63) is 170 Å². The molecule has 0 aliphatic carbocycles. The van der Waals surface area contributed by atoms with E-state index < -0.39 is 0 Å². The highest BCUT2D eigenvalue weighted by Crippen LogP contribution is 2.37. The van der Waals surface area contributed by atoms with Gasteiger partial charge < -0.3 is 8.98 Å². The molecule has 0 radical (unpaired) electrons. The second kappa shape index (κ2) is 11.4. The lowest BCUT2D eigenvalue weighted by atomic mass is 10.0. The van der Waals surface area contributed by atoms with Crippen molar-refractivity contribution in [3.63, 3.8) is 0 Å². The van der Waals surface area contributed by atoms with E-state index >= 15 is 0 Å². The average Bonchev–Trinajstić information content (AvgIpc) is 3.73. The molecule has 50 heavy (non-hydrogen) atoms. The molecule has 0 saturated heterocycles. The molecule has 0 amide bonds. The van der Waals surface area contributed by atoms with Crippen molar-refractivity contribution in [1.29, 1.82) is 0 Å². The van der Waals surface area contributed by atoms with Crippen LogP contribution in [0, 0.1) is 0 Å². The Morgan fingerprint density at radius 2 is 0.880 bits per heavy atom. The largest absolute Gasteiger partial charge is 0.456 e. The van der Waals surface area contributed by atoms with Crippen molar-refractivity contribution >= 4 is 43.7 Å². The predicted octanol–water partition coefficient (Wildman–Crippen LogP) is 11.5. The molecule has 3 aromatic heterocycles. The smallest absolute Gasteiger partial charge is 0.164 e. The third-order valence-electron chi connectivity index (χ3n) is 9.45. The van der Waals surface area contributed by atoms with E-state index in [1.807, 2.05) is 72.8 Å². The quantitative estimate of drug-likeness (QED) is 0.188. The van der Waals surface area contributed by atoms with Gasteiger partial charge in [0.1, 0.15) is 11.2 Å². The molecule has 0 atom stereocenters. The number of hydrogen-bond acceptors (Lipinski definition) is 4. The van der Waals surface area contributed by atoms with Crippen LogP contribution in [0.3, 0.4) is 0 Å². The Balaban J connectivity index is 1.15. The molecule has 234 valence electrons. The molecule has 0 fully saturated rings. The van der Waals surface area contributed by atoms with Crippen LogP contribution in [0.1, 0.15) is 0 Å². The van der Waals surface area contributed by atoms with Gasteiger partial charge in [-0.3, -0.25) is 0 Å². The summed E-state index contributed by atoms with van der Waals surface area (Å²) in [6.07, 6.45) is 0. The number of benzene rings is 7. The highest BCUT2D eigenvalue weighted by Gasteiger charge is 2.17. The lowest BCUT2D eigenvalue weighted by Crippen LogP contribution is -2.00. The van der Waals surface area contributed by atoms with Crippen molar-refractivity contribution in [3.8, 4) is 51.0 Å². The number of aromatic nitrogens is 4. The van der Waals surface area contributed by atoms with Crippen LogP contribution in [0.25, 0.3) is 94.7 Å². The zero-order chi connectivity index (χ0) is 33.0. The maximum Gasteiger partial charge on any atom is 0.164 e. The Hall–Kier alpha value is -6.85. The second-order valence-corrected chi connectivity index (χ2v) is 12.5. The van der Waals surface area contributed by atoms with Crippen LogP contribution >= 0.6 is 0 Å². The SMILES string of the molecule is c1ccc(-c2nc(-c3ccccc3)nc(-c3ccc4c5ccccc5n(-c5cccc(-c6ccc7c(c6)oc6ccccc67)c5)c4c3)n2)cc1. The van der Waals surface area contributed by atoms with Gasteiger partial charge in [0.05, 0.1) is 11.0 Å². The second-order valence-electron chi connectivity index (χ2n) is 12.5. The number of furan rings is 1. The Morgan fingerprint density at radius 3 is 1.64 bits per heavy atom. The Kier molecular flexibility index (Phi) is 6.42. The van der Waals surface area contributed by atoms with Crippen LogP contribution in [0.4, 0.5) is 0 Å². The molecular weight excluding hydrogens is 613 g/mol. The molecule has 0 aliphatic heterocycles. The lowest BCUT2D eigenvalue weighted by molar-refractivity contribution is 0.669. The maximum atomic E-state index is 6.24. The highest BCUT2D eigenvalue weighted by atomic mass is 16.3. The van der Waals surface area contributed by atoms with E-state index in [9.17, 15) is 0 Å². The van der Waals surface area contributed by atoms with Crippen LogP contribution in [0.5, 0.6) is 0 Å². The molecule has 5 nitrogen and oxygen atoms in total. The van der Waals surface area contributed by atoms with Gasteiger partial charge in [0.15, 0.2) is 17.5 Å². The topological polar surface area (TPSA) is 56.7 Å². The third kappa shape index (κ3) is 4.67. The molecule has 0 spiro atoms. The van der Waals surface area contributed by atoms with E-state index in [-0.39, 0.29) is 0 Å². The van der Waals surface area contributed by atoms with Gasteiger partial charge in [-0.15, -0.1) is 0 Å². The van der Waals surface area contributed by atoms with Gasteiger partial charge in [0, 0.05) is 43.9 Å². The maximum absolute atomic E-state index is 6.24. The number of para-hydroxylation sites is 2. The van der Waals surface area contributed by atoms with E-state index in [2.05, 4.69) is 102 Å². The fourth-order valence-corrected chi connectivity index (χ4v) is 7.06. The first-order valence-corrected chi connectivity index (χ1v) is 16.7. The van der Waals surface area contributed by atoms with Crippen molar-refractivity contribution in [2.75, 3.05) is 0 Å². The summed E-state index contributed by atoms with van der Waals surface area (Å²) in [6.45, 7) is 0. The fourth-order valence-electron chi connectivity index (χ4n) is 7.06. The lowest BCUT2D eigenvalue weighted by Gasteiger charge is -2.12. The van der Waals surface area contributed by atoms with Gasteiger partial charge in [-0.05, 0) is 53.6 Å². The van der Waals surface area contributed by atoms with Crippen LogP contribution in [-0.2, 0) is 0 Å². The Labute approximate surface area is 287 Å². The summed E-state index contributed by atoms with van der Waals surface area (Å²) in [6, 6.07) is 58.7. The van der Waals surface area contributed by atoms with Gasteiger partial charge in [0.2, 0.25) is 0 Å². The molecule has 0 saturated carbocycles. The van der Waals surface area contributed by atoms with Gasteiger partial charge in [-0.25, -0.2) is 15.0 Å². The normalized spacial score (nSPS) is 11.6. The highest BCUT2D eigenvalue weighted by molar-refractivity contribution is 6.10. The predicted molar refractivity (Wildman–Crippen MR) is 203 cm³/mol. The molecule has 0 unspecified atom stereocenters. The molecule has 10 rings (SSSR count). The molecule has 5 heteroatoms. The zero-order valence-corrected chi connectivity index (χ0v) is 26.9. The molecule has 0 N–H and O–H groups in total. The van der Waals surface area contributed by atoms with Crippen molar-refractivity contribution in [1.82, 2.24) is 19.5 Å². The third-order valence-corrected chi connectivity index (χ3v) is 9.45. The summed E-state index contributed by atoms with van der Waals surface area (Å²) in [5, 5.41) is 4.61. The molecule has 10 aromatic rings. The number of nitrogens with zero attached hydrogens (tertiary/aromatic N) is 4. The number of fused-ring (bicyclic) bond motifs is 6. The minimum absolute atomic E-state index is 0.629. The first-order valence-electron chi connectivity index (χ1n) is 16.7. The molecule has 7 aromatic carbocycles. The fraction of sp³-hybridized carbons (Fsp3) is 0. The summed E-state index contributed by atoms with van der Waals surface area (Å²) in [5.41, 5.74) is 10.1. The van der Waals surface area contributed by atoms with Crippen LogP contribution < -0.4 is 0 Å². The first kappa shape index (κ1) is 28.2. The number of rotatable bonds is 5. The monoisotopic (exact) mass is 640 g/mol. The van der Waals surface area contributed by atoms with Gasteiger partial charge in [-0.1, -0.05) is 127 Å². The van der Waals surface area contributed by atoms with E-state index in [4.69, 9.17) is 19.4 Å². The van der Waals surface area contributed by atoms with E-state index in [1.165, 1.54) is 10.8 Å². The van der Waals surface area contributed by atoms with Crippen molar-refractivity contribution in [2.24, 2.45) is 0 Å². The van der Waals surface area contributed by atoms with Crippen LogP contribution in [0.2, 0.25) is 0 Å². The minimum atomic E-state index is 0.629. The van der Waals surface area contributed by atoms with Gasteiger partial charge in [0.25, 0.3) is 0 Å². The zero-order valence-electron chi connectivity index (χ0n) is 26.9. The van der Waals surface area contributed by atoms with Crippen molar-refractivity contribution < 1.29 is 4.42 Å². The average molecular weight is 641 g/mol. The van der Waals surface area contributed by atoms with E-state index in [0.29, 0.717) is 17.5 Å². The summed E-state index contributed by atoms with van der Waals surface area (Å²) >= 11 is 0. The molecule has 0 aliphatic rings. The minimum Gasteiger partial charge on any atom is -0.456 e. The Morgan fingerprint density at radius 1 is 0.340 bits per heavy atom. The van der Waals surface area contributed by atoms with Gasteiger partial charge in [-0.2, -0.15) is 0 Å². The van der Waals surface area contributed by atoms with Gasteiger partial charge >= 0.3 is 0 Å². The summed E-state index contributed by atoms with van der Waals surface area (Å²) in [4.78, 5) is 14.9. The van der Waals surface area contributed by atoms with Crippen LogP contribution in [-0.4, -0.2) is 19.5 Å². The molecular formula is C45H28N4O. The van der Waals surface area contributed by atoms with Crippen molar-refractivity contribution in [2.45, 2.75) is 0 Å². The standard InChI is InChI=1S/C45H28N4O/c1-3-12-29(13-4-1)43-46-44(30-14-5-2-6-15-30)48-45(47-43)33-23-24-36-35-18-7-9-20-39(35)49(40(36)27-33)34-17-11-16-31(26-34)32-22-25-38-37-19-8-10-21-41(37)50-42(38)28-32/h1-28H. The first-order chi connectivity index (χ1) is 24.8. The van der Waals surface area contributed by atoms with E-state index in [0.717, 1.165) is 66.5 Å². The summed E-state index contributed by atoms with van der Waals surface area (Å²) < 4.78 is 8.58.